The summed E-state index contributed by atoms with van der Waals surface area (Å²) in [4.78, 5) is 29.5. The summed E-state index contributed by atoms with van der Waals surface area (Å²) in [5.41, 5.74) is 4.86. The number of aryl methyl sites for hydroxylation is 2. The number of carboxylic acids is 1. The third kappa shape index (κ3) is 27.8. The van der Waals surface area contributed by atoms with Crippen molar-refractivity contribution in [1.82, 2.24) is 0 Å². The molecule has 0 amide bonds. The number of benzene rings is 4. The van der Waals surface area contributed by atoms with Crippen molar-refractivity contribution < 1.29 is 87.6 Å². The monoisotopic (exact) mass is 872 g/mol. The molecular weight excluding hydrogens is 812 g/mol. The van der Waals surface area contributed by atoms with Gasteiger partial charge in [-0.3, -0.25) is 14.1 Å². The zero-order chi connectivity index (χ0) is 44.1. The predicted molar refractivity (Wildman–Crippen MR) is 232 cm³/mol. The smallest absolute Gasteiger partial charge is 0.565 e. The fourth-order valence-corrected chi connectivity index (χ4v) is 6.70. The van der Waals surface area contributed by atoms with Gasteiger partial charge in [-0.15, -0.1) is 13.2 Å². The maximum atomic E-state index is 11.6. The Bertz CT molecular complexity index is 1890. The van der Waals surface area contributed by atoms with Gasteiger partial charge in [0.1, 0.15) is 6.10 Å². The van der Waals surface area contributed by atoms with Gasteiger partial charge < -0.3 is 35.4 Å². The Morgan fingerprint density at radius 1 is 0.672 bits per heavy atom. The zero-order valence-corrected chi connectivity index (χ0v) is 38.3. The SMILES string of the molecule is C=CCC(=O)O.C=CCC(=O)O[C@@H]1CCCC[C@H]1c1ccccc1.Cc1ccc(S(=O)(=O)O)cc1.Cc1ccccc1.O.O=C([O-])O.O[C@@H]1CCCC[C@H]1c1ccccc1.[Na+]. The summed E-state index contributed by atoms with van der Waals surface area (Å²) in [5.74, 6) is -0.244. The van der Waals surface area contributed by atoms with Crippen molar-refractivity contribution in [1.29, 1.82) is 0 Å². The fraction of sp³-hybridized carbons (Fsp3) is 0.340. The molecule has 0 spiro atoms. The van der Waals surface area contributed by atoms with Crippen molar-refractivity contribution >= 4 is 28.2 Å². The van der Waals surface area contributed by atoms with Crippen molar-refractivity contribution in [2.75, 3.05) is 0 Å². The van der Waals surface area contributed by atoms with Crippen LogP contribution in [0, 0.1) is 13.8 Å². The molecule has 2 aliphatic rings. The topological polar surface area (TPSA) is 230 Å². The van der Waals surface area contributed by atoms with E-state index < -0.39 is 22.2 Å². The van der Waals surface area contributed by atoms with Crippen LogP contribution in [0.4, 0.5) is 4.79 Å². The summed E-state index contributed by atoms with van der Waals surface area (Å²) in [5, 5.41) is 33.0. The van der Waals surface area contributed by atoms with E-state index in [-0.39, 0.29) is 64.5 Å². The van der Waals surface area contributed by atoms with E-state index >= 15 is 0 Å². The Labute approximate surface area is 383 Å². The number of hydrogen-bond donors (Lipinski definition) is 4. The second-order valence-electron chi connectivity index (χ2n) is 13.8. The summed E-state index contributed by atoms with van der Waals surface area (Å²) in [6.07, 6.45) is 10.2. The number of carbonyl (C=O) groups excluding carboxylic acids is 1. The molecule has 12 nitrogen and oxygen atoms in total. The standard InChI is InChI=1S/C16H20O2.C12H16O.C7H8O3S.C7H8.C4H6O2.CH2O3.Na.H2O/c1-2-8-16(17)18-15-12-7-6-11-14(15)13-9-4-3-5-10-13;13-12-9-5-4-8-11(12)10-6-2-1-3-7-10;1-6-2-4-7(5-3-6)11(8,9)10;1-7-5-3-2-4-6-7;1-2-3-4(5)6;2-1(3)4;;/h2-5,9-10,14-15H,1,6-8,11-12H2;1-3,6-7,11-13H,4-5,8-9H2;2-5H,1H3,(H,8,9,10);2-6H,1H3;2H,1,3H2,(H,5,6);(H2,2,3,4);;1H2/q;;;;;;+1;/p-1/t14-,15+;11-,12+;;;;;;/m00....../s1. The molecule has 4 atom stereocenters. The molecule has 4 aromatic rings. The first-order valence-electron chi connectivity index (χ1n) is 19.5. The van der Waals surface area contributed by atoms with Gasteiger partial charge in [0.25, 0.3) is 10.1 Å². The van der Waals surface area contributed by atoms with E-state index in [2.05, 4.69) is 68.6 Å². The maximum Gasteiger partial charge on any atom is 1.00 e. The molecule has 2 aliphatic carbocycles. The van der Waals surface area contributed by atoms with Gasteiger partial charge in [0.15, 0.2) is 0 Å². The number of carboxylic acid groups (broad SMARTS) is 3. The van der Waals surface area contributed by atoms with Crippen LogP contribution in [-0.2, 0) is 24.4 Å². The Kier molecular flexibility index (Phi) is 32.6. The summed E-state index contributed by atoms with van der Waals surface area (Å²) in [7, 11) is -4.02. The second-order valence-corrected chi connectivity index (χ2v) is 15.2. The van der Waals surface area contributed by atoms with Crippen molar-refractivity contribution in [2.24, 2.45) is 0 Å². The van der Waals surface area contributed by atoms with Gasteiger partial charge in [0.2, 0.25) is 6.16 Å². The zero-order valence-electron chi connectivity index (χ0n) is 35.5. The second kappa shape index (κ2) is 34.0. The third-order valence-corrected chi connectivity index (χ3v) is 9.93. The number of esters is 1. The number of carbonyl (C=O) groups is 3. The van der Waals surface area contributed by atoms with Gasteiger partial charge in [-0.2, -0.15) is 8.42 Å². The average Bonchev–Trinajstić information content (AvgIpc) is 3.20. The van der Waals surface area contributed by atoms with E-state index in [1.807, 2.05) is 49.4 Å². The molecule has 4 aromatic carbocycles. The largest absolute Gasteiger partial charge is 1.00 e. The maximum absolute atomic E-state index is 11.6. The van der Waals surface area contributed by atoms with Crippen LogP contribution in [0.25, 0.3) is 0 Å². The first kappa shape index (κ1) is 58.5. The molecule has 0 aromatic heterocycles. The third-order valence-electron chi connectivity index (χ3n) is 9.06. The molecule has 0 unspecified atom stereocenters. The molecule has 0 bridgehead atoms. The molecule has 0 heterocycles. The molecule has 14 heteroatoms. The van der Waals surface area contributed by atoms with E-state index in [0.29, 0.717) is 18.3 Å². The summed E-state index contributed by atoms with van der Waals surface area (Å²) in [6, 6.07) is 37.0. The van der Waals surface area contributed by atoms with E-state index in [4.69, 9.17) is 29.4 Å². The molecule has 0 saturated heterocycles. The van der Waals surface area contributed by atoms with Crippen LogP contribution in [0.5, 0.6) is 0 Å². The van der Waals surface area contributed by atoms with Crippen LogP contribution in [-0.4, -0.2) is 64.1 Å². The fourth-order valence-electron chi connectivity index (χ4n) is 6.22. The normalized spacial score (nSPS) is 17.2. The van der Waals surface area contributed by atoms with Crippen LogP contribution in [0.1, 0.15) is 98.3 Å². The van der Waals surface area contributed by atoms with E-state index in [9.17, 15) is 23.1 Å². The Morgan fingerprint density at radius 2 is 1.07 bits per heavy atom. The molecule has 2 saturated carbocycles. The quantitative estimate of drug-likeness (QED) is 0.0749. The molecule has 6 rings (SSSR count). The number of aliphatic carboxylic acids is 1. The van der Waals surface area contributed by atoms with Gasteiger partial charge in [-0.05, 0) is 69.2 Å². The molecule has 2 fully saturated rings. The van der Waals surface area contributed by atoms with Gasteiger partial charge in [0, 0.05) is 11.8 Å². The summed E-state index contributed by atoms with van der Waals surface area (Å²) >= 11 is 0. The Hall–Kier alpha value is -4.60. The van der Waals surface area contributed by atoms with Crippen molar-refractivity contribution in [2.45, 2.75) is 107 Å². The predicted octanol–water partition coefficient (Wildman–Crippen LogP) is 5.49. The number of ether oxygens (including phenoxy) is 1. The van der Waals surface area contributed by atoms with Crippen LogP contribution in [0.2, 0.25) is 0 Å². The first-order chi connectivity index (χ1) is 28.1. The van der Waals surface area contributed by atoms with Gasteiger partial charge >= 0.3 is 41.5 Å². The first-order valence-corrected chi connectivity index (χ1v) is 20.9. The van der Waals surface area contributed by atoms with Crippen LogP contribution >= 0.6 is 0 Å². The average molecular weight is 873 g/mol. The molecular formula is C47H61NaO12S. The van der Waals surface area contributed by atoms with Crippen LogP contribution in [0.3, 0.4) is 0 Å². The molecule has 0 aliphatic heterocycles. The summed E-state index contributed by atoms with van der Waals surface area (Å²) < 4.78 is 35.1. The number of aliphatic hydroxyl groups excluding tert-OH is 1. The van der Waals surface area contributed by atoms with Gasteiger partial charge in [0.05, 0.1) is 23.8 Å². The van der Waals surface area contributed by atoms with E-state index in [1.165, 1.54) is 54.2 Å². The Balaban J connectivity index is 0. The minimum atomic E-state index is -4.02. The minimum absolute atomic E-state index is 0. The van der Waals surface area contributed by atoms with Crippen LogP contribution in [0.15, 0.2) is 145 Å². The number of rotatable bonds is 8. The number of aliphatic hydroxyl groups is 1. The van der Waals surface area contributed by atoms with E-state index in [0.717, 1.165) is 37.7 Å². The molecule has 6 N–H and O–H groups in total. The Morgan fingerprint density at radius 3 is 1.44 bits per heavy atom. The van der Waals surface area contributed by atoms with Gasteiger partial charge in [-0.25, -0.2) is 0 Å². The van der Waals surface area contributed by atoms with Crippen LogP contribution < -0.4 is 34.7 Å². The molecule has 0 radical (unpaired) electrons. The number of hydrogen-bond acceptors (Lipinski definition) is 8. The van der Waals surface area contributed by atoms with Crippen molar-refractivity contribution in [3.05, 3.63) is 163 Å². The summed E-state index contributed by atoms with van der Waals surface area (Å²) in [6.45, 7) is 10.7. The van der Waals surface area contributed by atoms with Gasteiger partial charge in [-0.1, -0.05) is 146 Å². The van der Waals surface area contributed by atoms with E-state index in [1.54, 1.807) is 18.2 Å². The van der Waals surface area contributed by atoms with Crippen molar-refractivity contribution in [3.8, 4) is 0 Å². The molecule has 61 heavy (non-hydrogen) atoms. The van der Waals surface area contributed by atoms with Crippen molar-refractivity contribution in [3.63, 3.8) is 0 Å². The molecule has 328 valence electrons. The minimum Gasteiger partial charge on any atom is -0.565 e.